The van der Waals surface area contributed by atoms with Crippen molar-refractivity contribution < 1.29 is 4.79 Å². The van der Waals surface area contributed by atoms with Crippen LogP contribution in [0, 0.1) is 5.92 Å². The van der Waals surface area contributed by atoms with Crippen molar-refractivity contribution in [3.8, 4) is 0 Å². The van der Waals surface area contributed by atoms with Crippen molar-refractivity contribution in [3.05, 3.63) is 30.6 Å². The van der Waals surface area contributed by atoms with Crippen molar-refractivity contribution in [1.29, 1.82) is 0 Å². The van der Waals surface area contributed by atoms with Crippen LogP contribution in [0.1, 0.15) is 39.2 Å². The highest BCUT2D eigenvalue weighted by atomic mass is 16.1. The van der Waals surface area contributed by atoms with Gasteiger partial charge in [-0.2, -0.15) is 5.10 Å². The average Bonchev–Trinajstić information content (AvgIpc) is 2.91. The minimum Gasteiger partial charge on any atom is -0.324 e. The van der Waals surface area contributed by atoms with Crippen LogP contribution >= 0.6 is 0 Å². The Balaban J connectivity index is 1.78. The maximum atomic E-state index is 12.2. The lowest BCUT2D eigenvalue weighted by atomic mass is 9.93. The molecule has 5 nitrogen and oxygen atoms in total. The number of anilines is 1. The predicted octanol–water partition coefficient (Wildman–Crippen LogP) is 3.31. The van der Waals surface area contributed by atoms with Crippen LogP contribution in [0.25, 0.3) is 11.0 Å². The number of hydrogen-bond acceptors (Lipinski definition) is 3. The molecule has 21 heavy (non-hydrogen) atoms. The molecule has 110 valence electrons. The van der Waals surface area contributed by atoms with E-state index < -0.39 is 0 Å². The smallest absolute Gasteiger partial charge is 0.227 e. The van der Waals surface area contributed by atoms with Crippen LogP contribution in [-0.2, 0) is 4.79 Å². The van der Waals surface area contributed by atoms with Gasteiger partial charge < -0.3 is 5.32 Å². The maximum absolute atomic E-state index is 12.2. The fourth-order valence-corrected chi connectivity index (χ4v) is 2.66. The third-order valence-electron chi connectivity index (χ3n) is 3.83. The van der Waals surface area contributed by atoms with Gasteiger partial charge in [0.15, 0.2) is 5.65 Å². The number of carbonyl (C=O) groups excluding carboxylic acids is 1. The quantitative estimate of drug-likeness (QED) is 0.880. The van der Waals surface area contributed by atoms with Gasteiger partial charge >= 0.3 is 0 Å². The number of nitrogens with zero attached hydrogens (tertiary/aromatic N) is 3. The monoisotopic (exact) mass is 284 g/mol. The lowest BCUT2D eigenvalue weighted by molar-refractivity contribution is -0.120. The summed E-state index contributed by atoms with van der Waals surface area (Å²) in [6, 6.07) is 2.20. The number of amides is 1. The van der Waals surface area contributed by atoms with E-state index in [1.807, 2.05) is 10.7 Å². The molecular weight excluding hydrogens is 264 g/mol. The molecule has 0 bridgehead atoms. The first-order valence-electron chi connectivity index (χ1n) is 7.44. The van der Waals surface area contributed by atoms with Gasteiger partial charge in [-0.3, -0.25) is 4.79 Å². The summed E-state index contributed by atoms with van der Waals surface area (Å²) in [5, 5.41) is 8.26. The predicted molar refractivity (Wildman–Crippen MR) is 83.0 cm³/mol. The Kier molecular flexibility index (Phi) is 3.73. The molecule has 1 N–H and O–H groups in total. The molecule has 0 radical (unpaired) electrons. The molecule has 2 aromatic rings. The van der Waals surface area contributed by atoms with E-state index >= 15 is 0 Å². The van der Waals surface area contributed by atoms with Crippen molar-refractivity contribution in [3.63, 3.8) is 0 Å². The van der Waals surface area contributed by atoms with Crippen LogP contribution in [0.15, 0.2) is 30.6 Å². The average molecular weight is 284 g/mol. The summed E-state index contributed by atoms with van der Waals surface area (Å²) in [5.74, 6) is 0.154. The normalized spacial score (nSPS) is 18.3. The Labute approximate surface area is 124 Å². The van der Waals surface area contributed by atoms with Gasteiger partial charge in [0.25, 0.3) is 0 Å². The van der Waals surface area contributed by atoms with Crippen molar-refractivity contribution in [2.75, 3.05) is 5.32 Å². The first-order chi connectivity index (χ1) is 10.1. The van der Waals surface area contributed by atoms with E-state index in [1.54, 1.807) is 12.4 Å². The molecule has 1 aliphatic rings. The van der Waals surface area contributed by atoms with Crippen LogP contribution < -0.4 is 5.32 Å². The maximum Gasteiger partial charge on any atom is 0.227 e. The Bertz CT molecular complexity index is 687. The van der Waals surface area contributed by atoms with Crippen LogP contribution in [-0.4, -0.2) is 20.7 Å². The molecule has 3 rings (SSSR count). The zero-order chi connectivity index (χ0) is 14.8. The highest BCUT2D eigenvalue weighted by Gasteiger charge is 2.19. The van der Waals surface area contributed by atoms with Gasteiger partial charge in [-0.25, -0.2) is 9.67 Å². The van der Waals surface area contributed by atoms with Crippen LogP contribution in [0.2, 0.25) is 0 Å². The van der Waals surface area contributed by atoms with Crippen LogP contribution in [0.4, 0.5) is 5.69 Å². The number of nitrogens with one attached hydrogen (secondary N) is 1. The van der Waals surface area contributed by atoms with Gasteiger partial charge in [0.05, 0.1) is 18.1 Å². The zero-order valence-electron chi connectivity index (χ0n) is 12.4. The molecule has 2 heterocycles. The largest absolute Gasteiger partial charge is 0.324 e. The first kappa shape index (κ1) is 13.8. The van der Waals surface area contributed by atoms with Crippen LogP contribution in [0.5, 0.6) is 0 Å². The fraction of sp³-hybridized carbons (Fsp3) is 0.438. The van der Waals surface area contributed by atoms with E-state index in [2.05, 4.69) is 41.4 Å². The number of rotatable bonds is 3. The summed E-state index contributed by atoms with van der Waals surface area (Å²) in [6.45, 7) is 4.14. The van der Waals surface area contributed by atoms with Gasteiger partial charge in [0.2, 0.25) is 5.91 Å². The van der Waals surface area contributed by atoms with Gasteiger partial charge in [-0.1, -0.05) is 12.2 Å². The first-order valence-corrected chi connectivity index (χ1v) is 7.44. The number of fused-ring (bicyclic) bond motifs is 1. The van der Waals surface area contributed by atoms with Gasteiger partial charge in [-0.15, -0.1) is 0 Å². The second kappa shape index (κ2) is 5.68. The lowest BCUT2D eigenvalue weighted by Crippen LogP contribution is -2.23. The van der Waals surface area contributed by atoms with E-state index in [9.17, 15) is 4.79 Å². The minimum absolute atomic E-state index is 0.0732. The molecule has 1 amide bonds. The zero-order valence-corrected chi connectivity index (χ0v) is 12.4. The Morgan fingerprint density at radius 3 is 2.95 bits per heavy atom. The topological polar surface area (TPSA) is 59.8 Å². The summed E-state index contributed by atoms with van der Waals surface area (Å²) in [5.41, 5.74) is 1.59. The second-order valence-electron chi connectivity index (χ2n) is 5.79. The summed E-state index contributed by atoms with van der Waals surface area (Å²) in [6.07, 6.45) is 10.5. The molecule has 0 fully saturated rings. The molecule has 0 aromatic carbocycles. The lowest BCUT2D eigenvalue weighted by Gasteiger charge is -2.17. The molecule has 0 saturated carbocycles. The third kappa shape index (κ3) is 2.82. The second-order valence-corrected chi connectivity index (χ2v) is 5.79. The number of allylic oxidation sites excluding steroid dienone is 2. The van der Waals surface area contributed by atoms with Gasteiger partial charge in [0.1, 0.15) is 0 Å². The minimum atomic E-state index is 0.0732. The molecule has 0 saturated heterocycles. The van der Waals surface area contributed by atoms with Gasteiger partial charge in [-0.05, 0) is 39.2 Å². The number of carbonyl (C=O) groups is 1. The highest BCUT2D eigenvalue weighted by Crippen LogP contribution is 2.22. The van der Waals surface area contributed by atoms with E-state index in [4.69, 9.17) is 0 Å². The summed E-state index contributed by atoms with van der Waals surface area (Å²) in [7, 11) is 0. The Morgan fingerprint density at radius 2 is 2.24 bits per heavy atom. The Morgan fingerprint density at radius 1 is 1.38 bits per heavy atom. The molecule has 0 spiro atoms. The van der Waals surface area contributed by atoms with Crippen molar-refractivity contribution >= 4 is 22.6 Å². The van der Waals surface area contributed by atoms with Crippen LogP contribution in [0.3, 0.4) is 0 Å². The van der Waals surface area contributed by atoms with Crippen molar-refractivity contribution in [1.82, 2.24) is 14.8 Å². The van der Waals surface area contributed by atoms with Crippen molar-refractivity contribution in [2.45, 2.75) is 39.2 Å². The summed E-state index contributed by atoms with van der Waals surface area (Å²) in [4.78, 5) is 16.7. The van der Waals surface area contributed by atoms with E-state index in [0.29, 0.717) is 0 Å². The number of hydrogen-bond donors (Lipinski definition) is 1. The molecular formula is C16H20N4O. The molecule has 5 heteroatoms. The Hall–Kier alpha value is -2.17. The SMILES string of the molecule is CC(C)n1ncc2cc(NC(=O)C3CC=CCC3)cnc21. The molecule has 1 unspecified atom stereocenters. The van der Waals surface area contributed by atoms with E-state index in [1.165, 1.54) is 0 Å². The molecule has 2 aromatic heterocycles. The summed E-state index contributed by atoms with van der Waals surface area (Å²) < 4.78 is 1.88. The third-order valence-corrected chi connectivity index (χ3v) is 3.83. The van der Waals surface area contributed by atoms with Gasteiger partial charge in [0, 0.05) is 17.3 Å². The van der Waals surface area contributed by atoms with E-state index in [-0.39, 0.29) is 17.9 Å². The standard InChI is InChI=1S/C16H20N4O/c1-11(2)20-15-13(9-18-20)8-14(10-17-15)19-16(21)12-6-4-3-5-7-12/h3-4,8-12H,5-7H2,1-2H3,(H,19,21). The molecule has 1 atom stereocenters. The molecule has 1 aliphatic carbocycles. The summed E-state index contributed by atoms with van der Waals surface area (Å²) >= 11 is 0. The van der Waals surface area contributed by atoms with Crippen molar-refractivity contribution in [2.24, 2.45) is 5.92 Å². The number of aromatic nitrogens is 3. The highest BCUT2D eigenvalue weighted by molar-refractivity contribution is 5.94. The fourth-order valence-electron chi connectivity index (χ4n) is 2.66. The van der Waals surface area contributed by atoms with E-state index in [0.717, 1.165) is 36.0 Å². The number of pyridine rings is 1. The molecule has 0 aliphatic heterocycles.